The smallest absolute Gasteiger partial charge is 0.0780 e. The van der Waals surface area contributed by atoms with E-state index in [2.05, 4.69) is 137 Å². The summed E-state index contributed by atoms with van der Waals surface area (Å²) in [4.78, 5) is 4.92. The van der Waals surface area contributed by atoms with Gasteiger partial charge in [0.05, 0.1) is 5.69 Å². The lowest BCUT2D eigenvalue weighted by molar-refractivity contribution is 0.834. The molecule has 0 saturated carbocycles. The molecular formula is C39H33N. The van der Waals surface area contributed by atoms with Gasteiger partial charge in [0.2, 0.25) is 0 Å². The Bertz CT molecular complexity index is 2030. The first-order chi connectivity index (χ1) is 19.5. The lowest BCUT2D eigenvalue weighted by Crippen LogP contribution is -1.96. The summed E-state index contributed by atoms with van der Waals surface area (Å²) in [5.74, 6) is 0.941. The summed E-state index contributed by atoms with van der Waals surface area (Å²) >= 11 is 0. The van der Waals surface area contributed by atoms with Crippen molar-refractivity contribution in [3.8, 4) is 22.4 Å². The highest BCUT2D eigenvalue weighted by atomic mass is 14.7. The molecule has 0 radical (unpaired) electrons. The van der Waals surface area contributed by atoms with Crippen LogP contribution in [0.1, 0.15) is 50.7 Å². The van der Waals surface area contributed by atoms with Crippen molar-refractivity contribution in [2.24, 2.45) is 0 Å². The van der Waals surface area contributed by atoms with E-state index in [9.17, 15) is 0 Å². The largest absolute Gasteiger partial charge is 0.256 e. The van der Waals surface area contributed by atoms with Crippen molar-refractivity contribution in [3.63, 3.8) is 0 Å². The molecule has 0 fully saturated rings. The van der Waals surface area contributed by atoms with Crippen LogP contribution in [0.4, 0.5) is 0 Å². The first-order valence-corrected chi connectivity index (χ1v) is 14.4. The zero-order valence-corrected chi connectivity index (χ0v) is 23.6. The van der Waals surface area contributed by atoms with Crippen LogP contribution in [0.5, 0.6) is 0 Å². The Kier molecular flexibility index (Phi) is 5.90. The number of hydrogen-bond acceptors (Lipinski definition) is 1. The van der Waals surface area contributed by atoms with Gasteiger partial charge in [0, 0.05) is 17.1 Å². The van der Waals surface area contributed by atoms with Crippen LogP contribution in [0.15, 0.2) is 115 Å². The van der Waals surface area contributed by atoms with E-state index in [0.717, 1.165) is 5.69 Å². The summed E-state index contributed by atoms with van der Waals surface area (Å²) in [5, 5.41) is 10.1. The molecule has 0 aliphatic rings. The summed E-state index contributed by atoms with van der Waals surface area (Å²) in [6.45, 7) is 9.07. The second-order valence-corrected chi connectivity index (χ2v) is 11.6. The molecule has 0 aliphatic heterocycles. The molecule has 0 aliphatic carbocycles. The topological polar surface area (TPSA) is 12.9 Å². The van der Waals surface area contributed by atoms with E-state index < -0.39 is 0 Å². The minimum Gasteiger partial charge on any atom is -0.256 e. The fraction of sp³-hybridized carbons (Fsp3) is 0.154. The molecule has 0 N–H and O–H groups in total. The Hall–Kier alpha value is -4.49. The summed E-state index contributed by atoms with van der Waals surface area (Å²) in [5.41, 5.74) is 7.54. The van der Waals surface area contributed by atoms with Gasteiger partial charge < -0.3 is 0 Å². The molecule has 0 unspecified atom stereocenters. The van der Waals surface area contributed by atoms with Crippen LogP contribution in [0.3, 0.4) is 0 Å². The molecule has 1 aromatic heterocycles. The molecule has 7 aromatic rings. The van der Waals surface area contributed by atoms with Crippen molar-refractivity contribution in [2.75, 3.05) is 0 Å². The average Bonchev–Trinajstić information content (AvgIpc) is 2.99. The second-order valence-electron chi connectivity index (χ2n) is 11.6. The van der Waals surface area contributed by atoms with Gasteiger partial charge in [-0.25, -0.2) is 0 Å². The molecule has 0 spiro atoms. The van der Waals surface area contributed by atoms with Crippen LogP contribution in [-0.4, -0.2) is 4.98 Å². The van der Waals surface area contributed by atoms with E-state index in [1.165, 1.54) is 70.9 Å². The van der Waals surface area contributed by atoms with Crippen LogP contribution < -0.4 is 0 Å². The third kappa shape index (κ3) is 4.05. The lowest BCUT2D eigenvalue weighted by Gasteiger charge is -2.16. The van der Waals surface area contributed by atoms with Crippen molar-refractivity contribution >= 4 is 43.1 Å². The van der Waals surface area contributed by atoms with Crippen LogP contribution in [0.2, 0.25) is 0 Å². The zero-order valence-electron chi connectivity index (χ0n) is 23.6. The number of fused-ring (bicyclic) bond motifs is 6. The van der Waals surface area contributed by atoms with E-state index in [1.807, 2.05) is 6.20 Å². The van der Waals surface area contributed by atoms with Crippen molar-refractivity contribution < 1.29 is 0 Å². The number of hydrogen-bond donors (Lipinski definition) is 0. The number of pyridine rings is 1. The van der Waals surface area contributed by atoms with Gasteiger partial charge in [-0.1, -0.05) is 113 Å². The predicted molar refractivity (Wildman–Crippen MR) is 173 cm³/mol. The van der Waals surface area contributed by atoms with Gasteiger partial charge in [-0.2, -0.15) is 0 Å². The van der Waals surface area contributed by atoms with Gasteiger partial charge in [-0.3, -0.25) is 4.98 Å². The highest BCUT2D eigenvalue weighted by Crippen LogP contribution is 2.38. The highest BCUT2D eigenvalue weighted by Gasteiger charge is 2.14. The predicted octanol–water partition coefficient (Wildman–Crippen LogP) is 11.3. The van der Waals surface area contributed by atoms with Crippen molar-refractivity contribution in [3.05, 3.63) is 127 Å². The number of aromatic nitrogens is 1. The maximum Gasteiger partial charge on any atom is 0.0780 e. The Labute approximate surface area is 236 Å². The van der Waals surface area contributed by atoms with E-state index in [-0.39, 0.29) is 0 Å². The summed E-state index contributed by atoms with van der Waals surface area (Å²) < 4.78 is 0. The molecular weight excluding hydrogens is 482 g/mol. The molecule has 1 heterocycles. The Morgan fingerprint density at radius 2 is 1.10 bits per heavy atom. The maximum atomic E-state index is 4.92. The first-order valence-electron chi connectivity index (χ1n) is 14.4. The third-order valence-electron chi connectivity index (χ3n) is 8.44. The molecule has 40 heavy (non-hydrogen) atoms. The maximum absolute atomic E-state index is 4.92. The van der Waals surface area contributed by atoms with E-state index >= 15 is 0 Å². The van der Waals surface area contributed by atoms with Crippen LogP contribution in [0.25, 0.3) is 65.5 Å². The van der Waals surface area contributed by atoms with Gasteiger partial charge in [0.25, 0.3) is 0 Å². The van der Waals surface area contributed by atoms with Gasteiger partial charge in [-0.05, 0) is 96.1 Å². The fourth-order valence-electron chi connectivity index (χ4n) is 6.17. The van der Waals surface area contributed by atoms with Gasteiger partial charge in [-0.15, -0.1) is 0 Å². The Morgan fingerprint density at radius 1 is 0.450 bits per heavy atom. The first kappa shape index (κ1) is 24.5. The number of rotatable bonds is 4. The number of nitrogens with zero attached hydrogens (tertiary/aromatic N) is 1. The quantitative estimate of drug-likeness (QED) is 0.212. The number of benzene rings is 6. The molecule has 1 nitrogen and oxygen atoms in total. The monoisotopic (exact) mass is 515 g/mol. The second kappa shape index (κ2) is 9.61. The minimum absolute atomic E-state index is 0.471. The standard InChI is InChI=1S/C39H33N/c1-24(2)29-21-30(25(3)4)23-31(22-29)39-38-17-16-35-34-14-12-27(33-11-7-9-26-8-5-6-10-32(26)33)20-28(34)13-15-36(35)37(38)18-19-40-39/h5-25H,1-4H3. The minimum atomic E-state index is 0.471. The molecule has 0 bridgehead atoms. The summed E-state index contributed by atoms with van der Waals surface area (Å²) in [6.07, 6.45) is 1.97. The van der Waals surface area contributed by atoms with Gasteiger partial charge in [0.15, 0.2) is 0 Å². The summed E-state index contributed by atoms with van der Waals surface area (Å²) in [6, 6.07) is 40.4. The van der Waals surface area contributed by atoms with E-state index in [1.54, 1.807) is 0 Å². The van der Waals surface area contributed by atoms with Crippen LogP contribution in [0, 0.1) is 0 Å². The fourth-order valence-corrected chi connectivity index (χ4v) is 6.17. The van der Waals surface area contributed by atoms with Crippen molar-refractivity contribution in [2.45, 2.75) is 39.5 Å². The molecule has 0 atom stereocenters. The zero-order chi connectivity index (χ0) is 27.4. The SMILES string of the molecule is CC(C)c1cc(-c2nccc3c2ccc2c4ccc(-c5cccc6ccccc56)cc4ccc32)cc(C(C)C)c1. The van der Waals surface area contributed by atoms with E-state index in [0.29, 0.717) is 11.8 Å². The molecule has 0 saturated heterocycles. The molecule has 0 amide bonds. The molecule has 6 aromatic carbocycles. The Morgan fingerprint density at radius 3 is 1.90 bits per heavy atom. The average molecular weight is 516 g/mol. The van der Waals surface area contributed by atoms with Gasteiger partial charge in [0.1, 0.15) is 0 Å². The van der Waals surface area contributed by atoms with Crippen LogP contribution in [-0.2, 0) is 0 Å². The van der Waals surface area contributed by atoms with Crippen LogP contribution >= 0.6 is 0 Å². The normalized spacial score (nSPS) is 11.9. The van der Waals surface area contributed by atoms with Crippen molar-refractivity contribution in [1.82, 2.24) is 4.98 Å². The van der Waals surface area contributed by atoms with E-state index in [4.69, 9.17) is 4.98 Å². The highest BCUT2D eigenvalue weighted by molar-refractivity contribution is 6.19. The van der Waals surface area contributed by atoms with Crippen molar-refractivity contribution in [1.29, 1.82) is 0 Å². The Balaban J connectivity index is 1.40. The third-order valence-corrected chi connectivity index (χ3v) is 8.44. The molecule has 1 heteroatoms. The molecule has 7 rings (SSSR count). The van der Waals surface area contributed by atoms with Gasteiger partial charge >= 0.3 is 0 Å². The summed E-state index contributed by atoms with van der Waals surface area (Å²) in [7, 11) is 0. The lowest BCUT2D eigenvalue weighted by atomic mass is 9.90. The molecule has 194 valence electrons.